The van der Waals surface area contributed by atoms with Gasteiger partial charge in [0.2, 0.25) is 5.95 Å². The van der Waals surface area contributed by atoms with Crippen molar-refractivity contribution in [1.29, 1.82) is 0 Å². The van der Waals surface area contributed by atoms with Crippen molar-refractivity contribution in [2.45, 2.75) is 0 Å². The van der Waals surface area contributed by atoms with E-state index in [-0.39, 0.29) is 19.2 Å². The fourth-order valence-electron chi connectivity index (χ4n) is 3.43. The second-order valence-electron chi connectivity index (χ2n) is 7.40. The third kappa shape index (κ3) is 5.97. The van der Waals surface area contributed by atoms with Crippen molar-refractivity contribution in [3.05, 3.63) is 79.0 Å². The maximum atomic E-state index is 9.27. The molecule has 0 atom stereocenters. The van der Waals surface area contributed by atoms with Crippen molar-refractivity contribution in [2.24, 2.45) is 0 Å². The van der Waals surface area contributed by atoms with Crippen molar-refractivity contribution in [2.75, 3.05) is 42.3 Å². The van der Waals surface area contributed by atoms with E-state index in [1.807, 2.05) is 60.7 Å². The summed E-state index contributed by atoms with van der Waals surface area (Å²) >= 11 is 0. The molecule has 0 amide bonds. The van der Waals surface area contributed by atoms with Gasteiger partial charge in [0.1, 0.15) is 23.1 Å². The van der Waals surface area contributed by atoms with Gasteiger partial charge >= 0.3 is 0 Å². The lowest BCUT2D eigenvalue weighted by Crippen LogP contribution is -2.30. The van der Waals surface area contributed by atoms with Gasteiger partial charge in [0.15, 0.2) is 0 Å². The van der Waals surface area contributed by atoms with Gasteiger partial charge in [-0.05, 0) is 18.2 Å². The zero-order chi connectivity index (χ0) is 23.8. The fraction of sp³-hybridized carbons (Fsp3) is 0.160. The smallest absolute Gasteiger partial charge is 0.222 e. The highest BCUT2D eigenvalue weighted by Gasteiger charge is 2.10. The number of aromatic nitrogens is 3. The van der Waals surface area contributed by atoms with Gasteiger partial charge in [0.05, 0.1) is 18.9 Å². The number of pyridine rings is 1. The highest BCUT2D eigenvalue weighted by atomic mass is 16.5. The number of rotatable bonds is 10. The summed E-state index contributed by atoms with van der Waals surface area (Å²) in [7, 11) is 0. The van der Waals surface area contributed by atoms with Crippen molar-refractivity contribution in [3.8, 4) is 22.8 Å². The first-order valence-corrected chi connectivity index (χ1v) is 10.8. The number of ether oxygens (including phenoxy) is 1. The molecule has 9 heteroatoms. The third-order valence-corrected chi connectivity index (χ3v) is 4.94. The van der Waals surface area contributed by atoms with Gasteiger partial charge in [-0.25, -0.2) is 9.97 Å². The number of anilines is 4. The fourth-order valence-corrected chi connectivity index (χ4v) is 3.43. The minimum absolute atomic E-state index is 0.0416. The Kier molecular flexibility index (Phi) is 7.49. The molecule has 0 radical (unpaired) electrons. The van der Waals surface area contributed by atoms with Gasteiger partial charge in [-0.2, -0.15) is 4.98 Å². The molecule has 0 saturated heterocycles. The molecule has 2 aromatic heterocycles. The summed E-state index contributed by atoms with van der Waals surface area (Å²) in [6.45, 7) is 0.646. The van der Waals surface area contributed by atoms with E-state index in [1.54, 1.807) is 23.2 Å². The Bertz CT molecular complexity index is 1220. The number of aliphatic hydroxyl groups is 2. The monoisotopic (exact) mass is 458 g/mol. The highest BCUT2D eigenvalue weighted by Crippen LogP contribution is 2.28. The van der Waals surface area contributed by atoms with Gasteiger partial charge in [-0.3, -0.25) is 0 Å². The Morgan fingerprint density at radius 3 is 2.38 bits per heavy atom. The van der Waals surface area contributed by atoms with Crippen LogP contribution in [0.3, 0.4) is 0 Å². The van der Waals surface area contributed by atoms with Gasteiger partial charge < -0.3 is 30.9 Å². The number of nitrogens with two attached hydrogens (primary N) is 1. The highest BCUT2D eigenvalue weighted by molar-refractivity contribution is 5.67. The van der Waals surface area contributed by atoms with Gasteiger partial charge in [0, 0.05) is 48.7 Å². The summed E-state index contributed by atoms with van der Waals surface area (Å²) in [6, 6.07) is 22.6. The molecule has 9 nitrogen and oxygen atoms in total. The number of nitrogen functional groups attached to an aromatic ring is 1. The quantitative estimate of drug-likeness (QED) is 0.282. The number of nitrogens with zero attached hydrogens (tertiary/aromatic N) is 4. The molecule has 174 valence electrons. The SMILES string of the molecule is Nc1nc(Nc2cccc(Oc3ccnc(N(CCO)CCO)c3)c2)cc(-c2ccccc2)n1. The van der Waals surface area contributed by atoms with E-state index in [0.717, 1.165) is 16.9 Å². The summed E-state index contributed by atoms with van der Waals surface area (Å²) in [5.41, 5.74) is 8.38. The lowest BCUT2D eigenvalue weighted by molar-refractivity contribution is 0.280. The average molecular weight is 459 g/mol. The summed E-state index contributed by atoms with van der Waals surface area (Å²) in [6.07, 6.45) is 1.63. The zero-order valence-electron chi connectivity index (χ0n) is 18.5. The standard InChI is InChI=1S/C25H26N6O3/c26-25-29-22(18-5-2-1-3-6-18)17-23(30-25)28-19-7-4-8-20(15-19)34-21-9-10-27-24(16-21)31(11-13-32)12-14-33/h1-10,15-17,32-33H,11-14H2,(H3,26,28,29,30). The number of nitrogens with one attached hydrogen (secondary N) is 1. The molecule has 0 unspecified atom stereocenters. The van der Waals surface area contributed by atoms with Gasteiger partial charge in [0.25, 0.3) is 0 Å². The van der Waals surface area contributed by atoms with Crippen LogP contribution in [-0.4, -0.2) is 51.5 Å². The molecular formula is C25H26N6O3. The van der Waals surface area contributed by atoms with Crippen LogP contribution in [0.5, 0.6) is 11.5 Å². The predicted octanol–water partition coefficient (Wildman–Crippen LogP) is 3.45. The van der Waals surface area contributed by atoms with Crippen LogP contribution in [0, 0.1) is 0 Å². The second-order valence-corrected chi connectivity index (χ2v) is 7.40. The van der Waals surface area contributed by atoms with Crippen LogP contribution in [-0.2, 0) is 0 Å². The summed E-state index contributed by atoms with van der Waals surface area (Å²) < 4.78 is 6.03. The topological polar surface area (TPSA) is 130 Å². The number of aliphatic hydroxyl groups excluding tert-OH is 2. The molecule has 0 aliphatic heterocycles. The van der Waals surface area contributed by atoms with E-state index in [0.29, 0.717) is 36.2 Å². The van der Waals surface area contributed by atoms with Gasteiger partial charge in [-0.1, -0.05) is 36.4 Å². The van der Waals surface area contributed by atoms with Crippen LogP contribution in [0.2, 0.25) is 0 Å². The maximum Gasteiger partial charge on any atom is 0.222 e. The van der Waals surface area contributed by atoms with Crippen molar-refractivity contribution in [1.82, 2.24) is 15.0 Å². The van der Waals surface area contributed by atoms with Crippen LogP contribution >= 0.6 is 0 Å². The molecule has 4 aromatic rings. The predicted molar refractivity (Wildman–Crippen MR) is 132 cm³/mol. The summed E-state index contributed by atoms with van der Waals surface area (Å²) in [4.78, 5) is 14.7. The third-order valence-electron chi connectivity index (χ3n) is 4.94. The van der Waals surface area contributed by atoms with Crippen LogP contribution in [0.25, 0.3) is 11.3 Å². The number of hydrogen-bond donors (Lipinski definition) is 4. The molecule has 0 aliphatic carbocycles. The van der Waals surface area contributed by atoms with E-state index in [9.17, 15) is 10.2 Å². The normalized spacial score (nSPS) is 10.6. The summed E-state index contributed by atoms with van der Waals surface area (Å²) in [5, 5.41) is 21.8. The minimum Gasteiger partial charge on any atom is -0.457 e. The number of hydrogen-bond acceptors (Lipinski definition) is 9. The minimum atomic E-state index is -0.0416. The molecule has 0 aliphatic rings. The van der Waals surface area contributed by atoms with Crippen molar-refractivity contribution in [3.63, 3.8) is 0 Å². The lowest BCUT2D eigenvalue weighted by atomic mass is 10.1. The van der Waals surface area contributed by atoms with E-state index in [1.165, 1.54) is 0 Å². The Labute approximate surface area is 197 Å². The van der Waals surface area contributed by atoms with Crippen LogP contribution in [0.15, 0.2) is 79.0 Å². The Hall–Kier alpha value is -4.21. The molecule has 34 heavy (non-hydrogen) atoms. The molecule has 5 N–H and O–H groups in total. The molecule has 2 aromatic carbocycles. The van der Waals surface area contributed by atoms with Crippen molar-refractivity contribution < 1.29 is 14.9 Å². The van der Waals surface area contributed by atoms with Crippen LogP contribution in [0.4, 0.5) is 23.3 Å². The molecular weight excluding hydrogens is 432 g/mol. The van der Waals surface area contributed by atoms with E-state index >= 15 is 0 Å². The second kappa shape index (κ2) is 11.1. The maximum absolute atomic E-state index is 9.27. The molecule has 2 heterocycles. The van der Waals surface area contributed by atoms with E-state index in [2.05, 4.69) is 20.3 Å². The van der Waals surface area contributed by atoms with Crippen LogP contribution in [0.1, 0.15) is 0 Å². The molecule has 0 fully saturated rings. The first-order valence-electron chi connectivity index (χ1n) is 10.8. The molecule has 4 rings (SSSR count). The van der Waals surface area contributed by atoms with E-state index in [4.69, 9.17) is 10.5 Å². The molecule has 0 bridgehead atoms. The first kappa shape index (κ1) is 23.0. The average Bonchev–Trinajstić information content (AvgIpc) is 2.84. The zero-order valence-corrected chi connectivity index (χ0v) is 18.5. The lowest BCUT2D eigenvalue weighted by Gasteiger charge is -2.22. The molecule has 0 spiro atoms. The molecule has 0 saturated carbocycles. The van der Waals surface area contributed by atoms with Crippen LogP contribution < -0.4 is 20.7 Å². The first-order chi connectivity index (χ1) is 16.6. The number of benzene rings is 2. The largest absolute Gasteiger partial charge is 0.457 e. The van der Waals surface area contributed by atoms with Gasteiger partial charge in [-0.15, -0.1) is 0 Å². The Morgan fingerprint density at radius 1 is 0.853 bits per heavy atom. The Balaban J connectivity index is 1.51. The summed E-state index contributed by atoms with van der Waals surface area (Å²) in [5.74, 6) is 2.55. The Morgan fingerprint density at radius 2 is 1.62 bits per heavy atom. The van der Waals surface area contributed by atoms with Crippen molar-refractivity contribution >= 4 is 23.3 Å². The van der Waals surface area contributed by atoms with E-state index < -0.39 is 0 Å².